The third kappa shape index (κ3) is 2.80. The van der Waals surface area contributed by atoms with E-state index in [9.17, 15) is 9.90 Å². The summed E-state index contributed by atoms with van der Waals surface area (Å²) in [4.78, 5) is 14.3. The van der Waals surface area contributed by atoms with Crippen LogP contribution in [0.1, 0.15) is 26.7 Å². The Morgan fingerprint density at radius 3 is 2.47 bits per heavy atom. The number of likely N-dealkylation sites (tertiary alicyclic amines) is 1. The Kier molecular flexibility index (Phi) is 4.05. The van der Waals surface area contributed by atoms with Crippen molar-refractivity contribution in [3.05, 3.63) is 0 Å². The fourth-order valence-electron chi connectivity index (χ4n) is 2.98. The molecule has 2 aliphatic rings. The molecule has 0 aliphatic carbocycles. The molecule has 98 valence electrons. The monoisotopic (exact) mass is 240 g/mol. The lowest BCUT2D eigenvalue weighted by molar-refractivity contribution is -0.137. The zero-order valence-corrected chi connectivity index (χ0v) is 10.9. The summed E-state index contributed by atoms with van der Waals surface area (Å²) in [6, 6.07) is 0. The molecule has 2 N–H and O–H groups in total. The van der Waals surface area contributed by atoms with Gasteiger partial charge in [-0.25, -0.2) is 0 Å². The molecule has 4 heteroatoms. The first-order valence-electron chi connectivity index (χ1n) is 6.77. The smallest absolute Gasteiger partial charge is 0.227 e. The van der Waals surface area contributed by atoms with Crippen LogP contribution in [0.5, 0.6) is 0 Å². The number of nitrogens with zero attached hydrogens (tertiary/aromatic N) is 1. The summed E-state index contributed by atoms with van der Waals surface area (Å²) in [5, 5.41) is 12.8. The highest BCUT2D eigenvalue weighted by Crippen LogP contribution is 2.24. The number of hydrogen-bond acceptors (Lipinski definition) is 3. The van der Waals surface area contributed by atoms with E-state index < -0.39 is 0 Å². The number of nitrogens with one attached hydrogen (secondary N) is 1. The minimum absolute atomic E-state index is 0.165. The van der Waals surface area contributed by atoms with Crippen LogP contribution >= 0.6 is 0 Å². The summed E-state index contributed by atoms with van der Waals surface area (Å²) in [6.45, 7) is 7.42. The van der Waals surface area contributed by atoms with Crippen molar-refractivity contribution < 1.29 is 9.90 Å². The standard InChI is InChI=1S/C13H24N2O2/c1-9-7-14-8-12(9)13(17)15-5-3-11(4-6-15)10(2)16/h9-12,14,16H,3-8H2,1-2H3/t9-,10?,12-/m1/s1. The number of piperidine rings is 1. The van der Waals surface area contributed by atoms with E-state index in [1.54, 1.807) is 0 Å². The molecular formula is C13H24N2O2. The Balaban J connectivity index is 1.86. The van der Waals surface area contributed by atoms with Gasteiger partial charge in [0.2, 0.25) is 5.91 Å². The minimum Gasteiger partial charge on any atom is -0.393 e. The van der Waals surface area contributed by atoms with E-state index in [-0.39, 0.29) is 12.0 Å². The largest absolute Gasteiger partial charge is 0.393 e. The molecule has 0 bridgehead atoms. The molecule has 0 spiro atoms. The average Bonchev–Trinajstić information content (AvgIpc) is 2.74. The van der Waals surface area contributed by atoms with Crippen molar-refractivity contribution in [1.29, 1.82) is 0 Å². The van der Waals surface area contributed by atoms with Gasteiger partial charge in [-0.05, 0) is 38.1 Å². The number of carbonyl (C=O) groups excluding carboxylic acids is 1. The van der Waals surface area contributed by atoms with Crippen molar-refractivity contribution in [2.24, 2.45) is 17.8 Å². The Hall–Kier alpha value is -0.610. The molecule has 0 aromatic carbocycles. The lowest BCUT2D eigenvalue weighted by Crippen LogP contribution is -2.44. The maximum Gasteiger partial charge on any atom is 0.227 e. The second kappa shape index (κ2) is 5.36. The summed E-state index contributed by atoms with van der Waals surface area (Å²) < 4.78 is 0. The summed E-state index contributed by atoms with van der Waals surface area (Å²) in [6.07, 6.45) is 1.65. The molecule has 0 radical (unpaired) electrons. The quantitative estimate of drug-likeness (QED) is 0.737. The second-order valence-corrected chi connectivity index (χ2v) is 5.65. The van der Waals surface area contributed by atoms with Crippen molar-refractivity contribution in [2.75, 3.05) is 26.2 Å². The fourth-order valence-corrected chi connectivity index (χ4v) is 2.98. The Labute approximate surface area is 103 Å². The predicted octanol–water partition coefficient (Wildman–Crippen LogP) is 0.461. The highest BCUT2D eigenvalue weighted by molar-refractivity contribution is 5.79. The molecule has 0 aromatic rings. The molecule has 17 heavy (non-hydrogen) atoms. The molecule has 2 fully saturated rings. The molecule has 0 aromatic heterocycles. The molecule has 2 heterocycles. The zero-order chi connectivity index (χ0) is 12.4. The summed E-state index contributed by atoms with van der Waals surface area (Å²) in [7, 11) is 0. The molecular weight excluding hydrogens is 216 g/mol. The number of rotatable bonds is 2. The number of aliphatic hydroxyl groups is 1. The summed E-state index contributed by atoms with van der Waals surface area (Å²) >= 11 is 0. The third-order valence-corrected chi connectivity index (χ3v) is 4.37. The van der Waals surface area contributed by atoms with Crippen molar-refractivity contribution in [1.82, 2.24) is 10.2 Å². The minimum atomic E-state index is -0.237. The summed E-state index contributed by atoms with van der Waals surface area (Å²) in [5.41, 5.74) is 0. The first-order chi connectivity index (χ1) is 8.09. The van der Waals surface area contributed by atoms with E-state index in [0.29, 0.717) is 17.7 Å². The van der Waals surface area contributed by atoms with Gasteiger partial charge in [0, 0.05) is 19.6 Å². The Morgan fingerprint density at radius 2 is 2.00 bits per heavy atom. The van der Waals surface area contributed by atoms with Gasteiger partial charge in [0.05, 0.1) is 12.0 Å². The van der Waals surface area contributed by atoms with E-state index >= 15 is 0 Å². The average molecular weight is 240 g/mol. The lowest BCUT2D eigenvalue weighted by Gasteiger charge is -2.35. The third-order valence-electron chi connectivity index (χ3n) is 4.37. The zero-order valence-electron chi connectivity index (χ0n) is 10.9. The van der Waals surface area contributed by atoms with Crippen LogP contribution in [0.3, 0.4) is 0 Å². The molecule has 0 saturated carbocycles. The van der Waals surface area contributed by atoms with Crippen LogP contribution in [0, 0.1) is 17.8 Å². The van der Waals surface area contributed by atoms with E-state index in [4.69, 9.17) is 0 Å². The van der Waals surface area contributed by atoms with Crippen molar-refractivity contribution in [2.45, 2.75) is 32.8 Å². The molecule has 2 saturated heterocycles. The molecule has 1 unspecified atom stereocenters. The lowest BCUT2D eigenvalue weighted by atomic mass is 9.90. The van der Waals surface area contributed by atoms with Gasteiger partial charge in [-0.3, -0.25) is 4.79 Å². The van der Waals surface area contributed by atoms with Crippen LogP contribution in [0.4, 0.5) is 0 Å². The van der Waals surface area contributed by atoms with Gasteiger partial charge in [0.1, 0.15) is 0 Å². The van der Waals surface area contributed by atoms with Crippen molar-refractivity contribution >= 4 is 5.91 Å². The molecule has 2 aliphatic heterocycles. The van der Waals surface area contributed by atoms with Crippen LogP contribution in [0.25, 0.3) is 0 Å². The molecule has 3 atom stereocenters. The van der Waals surface area contributed by atoms with Crippen molar-refractivity contribution in [3.8, 4) is 0 Å². The van der Waals surface area contributed by atoms with E-state index in [1.165, 1.54) is 0 Å². The molecule has 2 rings (SSSR count). The number of aliphatic hydroxyl groups excluding tert-OH is 1. The number of hydrogen-bond donors (Lipinski definition) is 2. The van der Waals surface area contributed by atoms with Crippen LogP contribution in [-0.2, 0) is 4.79 Å². The molecule has 1 amide bonds. The van der Waals surface area contributed by atoms with Gasteiger partial charge in [0.15, 0.2) is 0 Å². The van der Waals surface area contributed by atoms with Gasteiger partial charge in [-0.15, -0.1) is 0 Å². The Morgan fingerprint density at radius 1 is 1.35 bits per heavy atom. The van der Waals surface area contributed by atoms with Crippen LogP contribution in [0.15, 0.2) is 0 Å². The first-order valence-corrected chi connectivity index (χ1v) is 6.77. The van der Waals surface area contributed by atoms with E-state index in [0.717, 1.165) is 39.0 Å². The highest BCUT2D eigenvalue weighted by atomic mass is 16.3. The SMILES string of the molecule is CC(O)C1CCN(C(=O)[C@@H]2CNC[C@H]2C)CC1. The van der Waals surface area contributed by atoms with Crippen LogP contribution < -0.4 is 5.32 Å². The van der Waals surface area contributed by atoms with E-state index in [1.807, 2.05) is 11.8 Å². The van der Waals surface area contributed by atoms with Gasteiger partial charge < -0.3 is 15.3 Å². The second-order valence-electron chi connectivity index (χ2n) is 5.65. The fraction of sp³-hybridized carbons (Fsp3) is 0.923. The van der Waals surface area contributed by atoms with Crippen molar-refractivity contribution in [3.63, 3.8) is 0 Å². The maximum absolute atomic E-state index is 12.3. The normalized spacial score (nSPS) is 32.8. The Bertz CT molecular complexity index is 273. The maximum atomic E-state index is 12.3. The topological polar surface area (TPSA) is 52.6 Å². The predicted molar refractivity (Wildman–Crippen MR) is 66.5 cm³/mol. The first kappa shape index (κ1) is 12.8. The van der Waals surface area contributed by atoms with Gasteiger partial charge in [0.25, 0.3) is 0 Å². The number of carbonyl (C=O) groups is 1. The van der Waals surface area contributed by atoms with Crippen LogP contribution in [0.2, 0.25) is 0 Å². The molecule has 4 nitrogen and oxygen atoms in total. The van der Waals surface area contributed by atoms with Gasteiger partial charge >= 0.3 is 0 Å². The number of amides is 1. The van der Waals surface area contributed by atoms with Crippen LogP contribution in [-0.4, -0.2) is 48.2 Å². The summed E-state index contributed by atoms with van der Waals surface area (Å²) in [5.74, 6) is 1.31. The van der Waals surface area contributed by atoms with E-state index in [2.05, 4.69) is 12.2 Å². The highest BCUT2D eigenvalue weighted by Gasteiger charge is 2.34. The van der Waals surface area contributed by atoms with Gasteiger partial charge in [-0.1, -0.05) is 6.92 Å². The van der Waals surface area contributed by atoms with Gasteiger partial charge in [-0.2, -0.15) is 0 Å².